The van der Waals surface area contributed by atoms with Crippen molar-refractivity contribution < 1.29 is 22.3 Å². The molecule has 0 unspecified atom stereocenters. The second-order valence-corrected chi connectivity index (χ2v) is 11.1. The van der Waals surface area contributed by atoms with Crippen molar-refractivity contribution in [2.24, 2.45) is 0 Å². The number of carbonyl (C=O) groups is 1. The lowest BCUT2D eigenvalue weighted by Crippen LogP contribution is -2.42. The van der Waals surface area contributed by atoms with Crippen LogP contribution in [0.1, 0.15) is 31.9 Å². The Morgan fingerprint density at radius 2 is 1.60 bits per heavy atom. The molecule has 186 valence electrons. The Kier molecular flexibility index (Phi) is 8.17. The van der Waals surface area contributed by atoms with Gasteiger partial charge < -0.3 is 10.1 Å². The van der Waals surface area contributed by atoms with Crippen LogP contribution in [0.25, 0.3) is 0 Å². The van der Waals surface area contributed by atoms with Crippen molar-refractivity contribution in [3.05, 3.63) is 89.7 Å². The molecule has 0 atom stereocenters. The first kappa shape index (κ1) is 26.2. The van der Waals surface area contributed by atoms with E-state index in [1.165, 1.54) is 30.3 Å². The second-order valence-electron chi connectivity index (χ2n) is 9.22. The van der Waals surface area contributed by atoms with Crippen LogP contribution in [0.5, 0.6) is 5.75 Å². The Morgan fingerprint density at radius 3 is 2.26 bits per heavy atom. The maximum absolute atomic E-state index is 14.6. The predicted octanol–water partition coefficient (Wildman–Crippen LogP) is 4.82. The molecule has 0 aromatic heterocycles. The molecule has 8 heteroatoms. The van der Waals surface area contributed by atoms with Gasteiger partial charge in [0.05, 0.1) is 17.1 Å². The number of amides is 1. The molecule has 0 radical (unpaired) electrons. The second kappa shape index (κ2) is 10.9. The molecule has 0 aliphatic carbocycles. The van der Waals surface area contributed by atoms with Crippen LogP contribution in [0.3, 0.4) is 0 Å². The van der Waals surface area contributed by atoms with Crippen molar-refractivity contribution in [3.8, 4) is 5.75 Å². The lowest BCUT2D eigenvalue weighted by Gasteiger charge is -2.25. The van der Waals surface area contributed by atoms with Gasteiger partial charge in [0.15, 0.2) is 0 Å². The summed E-state index contributed by atoms with van der Waals surface area (Å²) in [5, 5.41) is 2.67. The largest absolute Gasteiger partial charge is 0.491 e. The molecule has 6 nitrogen and oxygen atoms in total. The van der Waals surface area contributed by atoms with Crippen LogP contribution in [-0.4, -0.2) is 34.0 Å². The molecule has 0 bridgehead atoms. The van der Waals surface area contributed by atoms with E-state index < -0.39 is 28.3 Å². The molecule has 0 aliphatic heterocycles. The minimum absolute atomic E-state index is 0.0266. The van der Waals surface area contributed by atoms with E-state index in [0.29, 0.717) is 0 Å². The summed E-state index contributed by atoms with van der Waals surface area (Å²) in [5.74, 6) is -0.584. The quantitative estimate of drug-likeness (QED) is 0.429. The number of hydrogen-bond acceptors (Lipinski definition) is 4. The first-order valence-corrected chi connectivity index (χ1v) is 12.8. The summed E-state index contributed by atoms with van der Waals surface area (Å²) < 4.78 is 47.9. The van der Waals surface area contributed by atoms with Crippen LogP contribution in [0, 0.1) is 12.7 Å². The van der Waals surface area contributed by atoms with Crippen molar-refractivity contribution >= 4 is 21.6 Å². The van der Waals surface area contributed by atoms with Crippen LogP contribution in [0.15, 0.2) is 77.7 Å². The first-order valence-electron chi connectivity index (χ1n) is 11.3. The van der Waals surface area contributed by atoms with Gasteiger partial charge in [0.2, 0.25) is 5.91 Å². The molecule has 0 fully saturated rings. The van der Waals surface area contributed by atoms with Gasteiger partial charge in [-0.15, -0.1) is 0 Å². The summed E-state index contributed by atoms with van der Waals surface area (Å²) >= 11 is 0. The Hall–Kier alpha value is -3.39. The number of benzene rings is 3. The van der Waals surface area contributed by atoms with Crippen molar-refractivity contribution in [1.29, 1.82) is 0 Å². The number of rotatable bonds is 9. The van der Waals surface area contributed by atoms with Crippen LogP contribution in [0.2, 0.25) is 0 Å². The molecule has 0 spiro atoms. The lowest BCUT2D eigenvalue weighted by atomic mass is 9.86. The van der Waals surface area contributed by atoms with E-state index in [1.807, 2.05) is 31.2 Å². The van der Waals surface area contributed by atoms with Crippen LogP contribution in [0.4, 0.5) is 10.1 Å². The number of aryl methyl sites for hydroxylation is 1. The zero-order valence-corrected chi connectivity index (χ0v) is 21.2. The van der Waals surface area contributed by atoms with Crippen molar-refractivity contribution in [2.75, 3.05) is 24.0 Å². The fourth-order valence-electron chi connectivity index (χ4n) is 3.54. The van der Waals surface area contributed by atoms with Gasteiger partial charge in [-0.25, -0.2) is 12.8 Å². The molecular formula is C27H31FN2O4S. The molecule has 1 amide bonds. The SMILES string of the molecule is Cc1ccc(S(=O)(=O)N(CC(=O)NCCOc2ccccc2C(C)(C)C)c2ccccc2F)cc1. The molecule has 3 aromatic carbocycles. The van der Waals surface area contributed by atoms with Crippen molar-refractivity contribution in [2.45, 2.75) is 38.0 Å². The minimum Gasteiger partial charge on any atom is -0.491 e. The fourth-order valence-corrected chi connectivity index (χ4v) is 4.97. The Morgan fingerprint density at radius 1 is 0.971 bits per heavy atom. The normalized spacial score (nSPS) is 11.7. The molecule has 0 heterocycles. The summed E-state index contributed by atoms with van der Waals surface area (Å²) in [6.45, 7) is 7.88. The monoisotopic (exact) mass is 498 g/mol. The Labute approximate surface area is 206 Å². The van der Waals surface area contributed by atoms with Gasteiger partial charge in [-0.05, 0) is 48.2 Å². The maximum Gasteiger partial charge on any atom is 0.264 e. The first-order chi connectivity index (χ1) is 16.5. The predicted molar refractivity (Wildman–Crippen MR) is 136 cm³/mol. The smallest absolute Gasteiger partial charge is 0.264 e. The van der Waals surface area contributed by atoms with E-state index in [2.05, 4.69) is 26.1 Å². The number of sulfonamides is 1. The fraction of sp³-hybridized carbons (Fsp3) is 0.296. The molecular weight excluding hydrogens is 467 g/mol. The third kappa shape index (κ3) is 6.60. The van der Waals surface area contributed by atoms with Gasteiger partial charge in [0.25, 0.3) is 10.0 Å². The van der Waals surface area contributed by atoms with Crippen molar-refractivity contribution in [1.82, 2.24) is 5.32 Å². The highest BCUT2D eigenvalue weighted by molar-refractivity contribution is 7.92. The highest BCUT2D eigenvalue weighted by Crippen LogP contribution is 2.31. The highest BCUT2D eigenvalue weighted by Gasteiger charge is 2.29. The molecule has 3 rings (SSSR count). The molecule has 3 aromatic rings. The molecule has 1 N–H and O–H groups in total. The standard InChI is InChI=1S/C27H31FN2O4S/c1-20-13-15-21(16-14-20)35(32,33)30(24-11-7-6-10-23(24)28)19-26(31)29-17-18-34-25-12-8-5-9-22(25)27(2,3)4/h5-16H,17-19H2,1-4H3,(H,29,31). The van der Waals surface area contributed by atoms with E-state index in [4.69, 9.17) is 4.74 Å². The Bertz CT molecular complexity index is 1270. The van der Waals surface area contributed by atoms with Gasteiger partial charge in [-0.2, -0.15) is 0 Å². The number of para-hydroxylation sites is 2. The third-order valence-electron chi connectivity index (χ3n) is 5.39. The number of nitrogens with zero attached hydrogens (tertiary/aromatic N) is 1. The molecule has 0 saturated carbocycles. The van der Waals surface area contributed by atoms with E-state index in [9.17, 15) is 17.6 Å². The molecule has 0 saturated heterocycles. The summed E-state index contributed by atoms with van der Waals surface area (Å²) in [6.07, 6.45) is 0. The van der Waals surface area contributed by atoms with E-state index in [-0.39, 0.29) is 29.1 Å². The number of ether oxygens (including phenoxy) is 1. The summed E-state index contributed by atoms with van der Waals surface area (Å²) in [7, 11) is -4.18. The van der Waals surface area contributed by atoms with Crippen LogP contribution >= 0.6 is 0 Å². The zero-order valence-electron chi connectivity index (χ0n) is 20.4. The highest BCUT2D eigenvalue weighted by atomic mass is 32.2. The topological polar surface area (TPSA) is 75.7 Å². The van der Waals surface area contributed by atoms with E-state index in [0.717, 1.165) is 27.2 Å². The molecule has 0 aliphatic rings. The van der Waals surface area contributed by atoms with Gasteiger partial charge >= 0.3 is 0 Å². The summed E-state index contributed by atoms with van der Waals surface area (Å²) in [6, 6.07) is 19.4. The Balaban J connectivity index is 1.71. The number of hydrogen-bond donors (Lipinski definition) is 1. The van der Waals surface area contributed by atoms with E-state index in [1.54, 1.807) is 12.1 Å². The molecule has 35 heavy (non-hydrogen) atoms. The maximum atomic E-state index is 14.6. The number of nitrogens with one attached hydrogen (secondary N) is 1. The van der Waals surface area contributed by atoms with Crippen LogP contribution in [-0.2, 0) is 20.2 Å². The van der Waals surface area contributed by atoms with Gasteiger partial charge in [0.1, 0.15) is 24.7 Å². The van der Waals surface area contributed by atoms with Crippen molar-refractivity contribution in [3.63, 3.8) is 0 Å². The van der Waals surface area contributed by atoms with Crippen LogP contribution < -0.4 is 14.4 Å². The average molecular weight is 499 g/mol. The van der Waals surface area contributed by atoms with Gasteiger partial charge in [-0.3, -0.25) is 9.10 Å². The minimum atomic E-state index is -4.18. The summed E-state index contributed by atoms with van der Waals surface area (Å²) in [4.78, 5) is 12.7. The summed E-state index contributed by atoms with van der Waals surface area (Å²) in [5.41, 5.74) is 1.62. The number of halogens is 1. The zero-order chi connectivity index (χ0) is 25.6. The number of anilines is 1. The number of carbonyl (C=O) groups excluding carboxylic acids is 1. The van der Waals surface area contributed by atoms with Gasteiger partial charge in [-0.1, -0.05) is 68.8 Å². The van der Waals surface area contributed by atoms with E-state index >= 15 is 0 Å². The average Bonchev–Trinajstić information content (AvgIpc) is 2.81. The van der Waals surface area contributed by atoms with Gasteiger partial charge in [0, 0.05) is 0 Å². The third-order valence-corrected chi connectivity index (χ3v) is 7.17. The lowest BCUT2D eigenvalue weighted by molar-refractivity contribution is -0.119.